The lowest BCUT2D eigenvalue weighted by atomic mass is 10.0. The minimum absolute atomic E-state index is 0.660. The lowest BCUT2D eigenvalue weighted by Gasteiger charge is -2.31. The van der Waals surface area contributed by atoms with Crippen LogP contribution in [-0.4, -0.2) is 18.1 Å². The van der Waals surface area contributed by atoms with E-state index >= 15 is 0 Å². The second kappa shape index (κ2) is 5.61. The maximum Gasteiger partial charge on any atom is 0.181 e. The van der Waals surface area contributed by atoms with Crippen LogP contribution in [0.1, 0.15) is 17.5 Å². The first-order valence-corrected chi connectivity index (χ1v) is 8.59. The number of nitrogens with two attached hydrogens (primary N) is 1. The number of aromatic nitrogens is 1. The van der Waals surface area contributed by atoms with E-state index in [9.17, 15) is 0 Å². The van der Waals surface area contributed by atoms with Crippen LogP contribution in [0.2, 0.25) is 0 Å². The average molecular weight is 309 g/mol. The van der Waals surface area contributed by atoms with Crippen molar-refractivity contribution < 1.29 is 0 Å². The third-order valence-electron chi connectivity index (χ3n) is 4.33. The number of fused-ring (bicyclic) bond motifs is 2. The molecule has 0 atom stereocenters. The molecule has 3 nitrogen and oxygen atoms in total. The zero-order chi connectivity index (χ0) is 14.9. The van der Waals surface area contributed by atoms with E-state index in [1.165, 1.54) is 27.9 Å². The normalized spacial score (nSPS) is 14.3. The Bertz CT molecular complexity index is 795. The first-order chi connectivity index (χ1) is 10.8. The highest BCUT2D eigenvalue weighted by molar-refractivity contribution is 7.22. The van der Waals surface area contributed by atoms with E-state index in [1.807, 2.05) is 0 Å². The number of benzene rings is 2. The van der Waals surface area contributed by atoms with Crippen molar-refractivity contribution in [2.75, 3.05) is 23.7 Å². The first kappa shape index (κ1) is 13.6. The van der Waals surface area contributed by atoms with Crippen molar-refractivity contribution >= 4 is 32.4 Å². The highest BCUT2D eigenvalue weighted by Crippen LogP contribution is 2.34. The number of nitrogen functional groups attached to an aromatic ring is 1. The summed E-state index contributed by atoms with van der Waals surface area (Å²) < 4.78 is 1.21. The van der Waals surface area contributed by atoms with E-state index in [4.69, 9.17) is 5.73 Å². The molecule has 0 fully saturated rings. The summed E-state index contributed by atoms with van der Waals surface area (Å²) in [7, 11) is 0. The summed E-state index contributed by atoms with van der Waals surface area (Å²) >= 11 is 1.58. The fourth-order valence-corrected chi connectivity index (χ4v) is 4.02. The predicted octanol–water partition coefficient (Wildman–Crippen LogP) is 3.87. The lowest BCUT2D eigenvalue weighted by molar-refractivity contribution is 0.689. The highest BCUT2D eigenvalue weighted by Gasteiger charge is 2.18. The maximum absolute atomic E-state index is 5.85. The molecular formula is C18H19N3S. The third-order valence-corrected chi connectivity index (χ3v) is 5.18. The molecule has 3 aromatic rings. The van der Waals surface area contributed by atoms with Crippen LogP contribution in [0.3, 0.4) is 0 Å². The number of hydrogen-bond acceptors (Lipinski definition) is 4. The Morgan fingerprint density at radius 2 is 2.05 bits per heavy atom. The van der Waals surface area contributed by atoms with E-state index in [0.29, 0.717) is 5.13 Å². The Morgan fingerprint density at radius 3 is 2.91 bits per heavy atom. The molecule has 2 heterocycles. The molecule has 0 saturated heterocycles. The number of hydrogen-bond donors (Lipinski definition) is 1. The molecule has 1 aliphatic heterocycles. The highest BCUT2D eigenvalue weighted by atomic mass is 32.1. The summed E-state index contributed by atoms with van der Waals surface area (Å²) in [6.07, 6.45) is 3.46. The van der Waals surface area contributed by atoms with Crippen LogP contribution < -0.4 is 10.6 Å². The monoisotopic (exact) mass is 309 g/mol. The van der Waals surface area contributed by atoms with Crippen molar-refractivity contribution in [3.8, 4) is 0 Å². The van der Waals surface area contributed by atoms with Gasteiger partial charge in [0, 0.05) is 18.8 Å². The number of aryl methyl sites for hydroxylation is 1. The van der Waals surface area contributed by atoms with Gasteiger partial charge in [-0.15, -0.1) is 0 Å². The van der Waals surface area contributed by atoms with Crippen molar-refractivity contribution in [3.05, 3.63) is 53.6 Å². The molecule has 112 valence electrons. The van der Waals surface area contributed by atoms with Crippen molar-refractivity contribution in [2.45, 2.75) is 19.3 Å². The smallest absolute Gasteiger partial charge is 0.181 e. The molecule has 2 N–H and O–H groups in total. The minimum atomic E-state index is 0.660. The molecule has 0 aliphatic carbocycles. The topological polar surface area (TPSA) is 42.1 Å². The van der Waals surface area contributed by atoms with Crippen molar-refractivity contribution in [2.24, 2.45) is 0 Å². The van der Waals surface area contributed by atoms with Gasteiger partial charge in [-0.2, -0.15) is 0 Å². The van der Waals surface area contributed by atoms with Gasteiger partial charge >= 0.3 is 0 Å². The van der Waals surface area contributed by atoms with Crippen LogP contribution >= 0.6 is 11.3 Å². The van der Waals surface area contributed by atoms with Gasteiger partial charge in [-0.1, -0.05) is 41.7 Å². The molecule has 0 amide bonds. The largest absolute Gasteiger partial charge is 0.375 e. The van der Waals surface area contributed by atoms with Gasteiger partial charge in [-0.3, -0.25) is 0 Å². The second-order valence-electron chi connectivity index (χ2n) is 5.83. The number of nitrogens with zero attached hydrogens (tertiary/aromatic N) is 2. The Labute approximate surface area is 134 Å². The van der Waals surface area contributed by atoms with E-state index < -0.39 is 0 Å². The summed E-state index contributed by atoms with van der Waals surface area (Å²) in [5.41, 5.74) is 11.1. The number of anilines is 2. The predicted molar refractivity (Wildman–Crippen MR) is 94.7 cm³/mol. The molecule has 22 heavy (non-hydrogen) atoms. The first-order valence-electron chi connectivity index (χ1n) is 7.77. The average Bonchev–Trinajstić information content (AvgIpc) is 2.90. The van der Waals surface area contributed by atoms with Crippen LogP contribution in [0.4, 0.5) is 10.8 Å². The number of thiazole rings is 1. The van der Waals surface area contributed by atoms with Crippen LogP contribution in [0.15, 0.2) is 42.5 Å². The maximum atomic E-state index is 5.85. The van der Waals surface area contributed by atoms with E-state index in [2.05, 4.69) is 52.3 Å². The summed E-state index contributed by atoms with van der Waals surface area (Å²) in [5.74, 6) is 0. The van der Waals surface area contributed by atoms with E-state index in [1.54, 1.807) is 11.3 Å². The molecular weight excluding hydrogens is 290 g/mol. The summed E-state index contributed by atoms with van der Waals surface area (Å²) in [6.45, 7) is 2.19. The van der Waals surface area contributed by atoms with Gasteiger partial charge in [0.1, 0.15) is 0 Å². The van der Waals surface area contributed by atoms with E-state index in [0.717, 1.165) is 31.4 Å². The van der Waals surface area contributed by atoms with Crippen LogP contribution in [-0.2, 0) is 12.8 Å². The summed E-state index contributed by atoms with van der Waals surface area (Å²) in [5, 5.41) is 0.660. The van der Waals surface area contributed by atoms with Crippen molar-refractivity contribution in [3.63, 3.8) is 0 Å². The van der Waals surface area contributed by atoms with Crippen LogP contribution in [0, 0.1) is 0 Å². The van der Waals surface area contributed by atoms with Crippen molar-refractivity contribution in [1.82, 2.24) is 4.98 Å². The number of rotatable bonds is 3. The molecule has 1 aromatic heterocycles. The van der Waals surface area contributed by atoms with Crippen molar-refractivity contribution in [1.29, 1.82) is 0 Å². The standard InChI is InChI=1S/C18H19N3S/c19-18-20-15-12-16-14(11-17(15)22-18)7-4-9-21(16)10-8-13-5-2-1-3-6-13/h1-3,5-6,11-12H,4,7-10H2,(H2,19,20). The Balaban J connectivity index is 1.62. The molecule has 4 rings (SSSR count). The molecule has 0 spiro atoms. The van der Waals surface area contributed by atoms with E-state index in [-0.39, 0.29) is 0 Å². The Hall–Kier alpha value is -2.07. The molecule has 2 aromatic carbocycles. The third kappa shape index (κ3) is 2.55. The SMILES string of the molecule is Nc1nc2cc3c(cc2s1)CCCN3CCc1ccccc1. The molecule has 0 saturated carbocycles. The zero-order valence-electron chi connectivity index (χ0n) is 12.5. The van der Waals surface area contributed by atoms with Crippen LogP contribution in [0.5, 0.6) is 0 Å². The molecule has 4 heteroatoms. The van der Waals surface area contributed by atoms with Gasteiger partial charge in [0.15, 0.2) is 5.13 Å². The zero-order valence-corrected chi connectivity index (χ0v) is 13.3. The quantitative estimate of drug-likeness (QED) is 0.798. The van der Waals surface area contributed by atoms with Gasteiger partial charge in [0.25, 0.3) is 0 Å². The molecule has 0 unspecified atom stereocenters. The van der Waals surface area contributed by atoms with Gasteiger partial charge < -0.3 is 10.6 Å². The lowest BCUT2D eigenvalue weighted by Crippen LogP contribution is -2.31. The summed E-state index contributed by atoms with van der Waals surface area (Å²) in [4.78, 5) is 6.94. The van der Waals surface area contributed by atoms with Gasteiger partial charge in [0.05, 0.1) is 10.2 Å². The Morgan fingerprint density at radius 1 is 1.18 bits per heavy atom. The summed E-state index contributed by atoms with van der Waals surface area (Å²) in [6, 6.07) is 15.2. The Kier molecular flexibility index (Phi) is 3.47. The van der Waals surface area contributed by atoms with Gasteiger partial charge in [-0.05, 0) is 42.5 Å². The van der Waals surface area contributed by atoms with Gasteiger partial charge in [0.2, 0.25) is 0 Å². The fraction of sp³-hybridized carbons (Fsp3) is 0.278. The fourth-order valence-electron chi connectivity index (χ4n) is 3.24. The second-order valence-corrected chi connectivity index (χ2v) is 6.89. The van der Waals surface area contributed by atoms with Gasteiger partial charge in [-0.25, -0.2) is 4.98 Å². The molecule has 1 aliphatic rings. The molecule has 0 bridgehead atoms. The minimum Gasteiger partial charge on any atom is -0.375 e. The van der Waals surface area contributed by atoms with Crippen LogP contribution in [0.25, 0.3) is 10.2 Å². The molecule has 0 radical (unpaired) electrons.